The van der Waals surface area contributed by atoms with Crippen LogP contribution in [0.1, 0.15) is 45.2 Å². The lowest BCUT2D eigenvalue weighted by Crippen LogP contribution is -2.41. The quantitative estimate of drug-likeness (QED) is 0.676. The van der Waals surface area contributed by atoms with Gasteiger partial charge >= 0.3 is 0 Å². The van der Waals surface area contributed by atoms with Crippen LogP contribution in [0.3, 0.4) is 0 Å². The average Bonchev–Trinajstić information content (AvgIpc) is 3.09. The molecule has 1 aliphatic heterocycles. The third-order valence-corrected chi connectivity index (χ3v) is 5.73. The van der Waals surface area contributed by atoms with E-state index in [2.05, 4.69) is 46.7 Å². The molecule has 5 heteroatoms. The van der Waals surface area contributed by atoms with Crippen LogP contribution in [0.5, 0.6) is 0 Å². The lowest BCUT2D eigenvalue weighted by molar-refractivity contribution is -0.121. The van der Waals surface area contributed by atoms with Gasteiger partial charge in [0.25, 0.3) is 0 Å². The Kier molecular flexibility index (Phi) is 7.04. The number of benzene rings is 2. The Hall–Kier alpha value is -2.66. The summed E-state index contributed by atoms with van der Waals surface area (Å²) in [5.74, 6) is 0.393. The molecule has 0 spiro atoms. The molecule has 0 fully saturated rings. The average molecular weight is 398 g/mol. The molecule has 1 heterocycles. The lowest BCUT2D eigenvalue weighted by Gasteiger charge is -2.25. The van der Waals surface area contributed by atoms with Crippen LogP contribution in [0.4, 0.5) is 5.69 Å². The van der Waals surface area contributed by atoms with Crippen molar-refractivity contribution in [1.29, 1.82) is 0 Å². The summed E-state index contributed by atoms with van der Waals surface area (Å²) in [4.78, 5) is 26.3. The van der Waals surface area contributed by atoms with Gasteiger partial charge in [0, 0.05) is 27.5 Å². The topological polar surface area (TPSA) is 61.4 Å². The number of hydrogen-bond acceptors (Lipinski definition) is 3. The summed E-state index contributed by atoms with van der Waals surface area (Å²) < 4.78 is 0. The van der Waals surface area contributed by atoms with Gasteiger partial charge in [0.2, 0.25) is 11.8 Å². The number of likely N-dealkylation sites (N-methyl/N-ethyl adjacent to an activating group) is 1. The van der Waals surface area contributed by atoms with Crippen LogP contribution in [0.15, 0.2) is 48.5 Å². The van der Waals surface area contributed by atoms with E-state index in [1.807, 2.05) is 38.4 Å². The number of nitrogens with zero attached hydrogens (tertiary/aromatic N) is 1. The van der Waals surface area contributed by atoms with Crippen LogP contribution in [-0.2, 0) is 22.4 Å². The maximum Gasteiger partial charge on any atom is 0.228 e. The Bertz CT molecular complexity index is 859. The molecule has 2 N–H and O–H groups in total. The van der Waals surface area contributed by atoms with Crippen LogP contribution < -0.4 is 10.6 Å². The first-order valence-electron chi connectivity index (χ1n) is 10.4. The normalized spacial score (nSPS) is 15.0. The number of carbonyl (C=O) groups is 2. The highest BCUT2D eigenvalue weighted by Crippen LogP contribution is 2.25. The SMILES string of the molecule is CC[C@@H](CC(=O)NC[C@H](Cc1ccc2c(c1)CC(=O)N2)N(C)C)c1ccccc1.[HH].[HH]. The number of rotatable bonds is 9. The third kappa shape index (κ3) is 5.67. The van der Waals surface area contributed by atoms with Crippen LogP contribution in [0.25, 0.3) is 0 Å². The Morgan fingerprint density at radius 3 is 2.66 bits per heavy atom. The Labute approximate surface area is 176 Å². The van der Waals surface area contributed by atoms with Gasteiger partial charge in [-0.05, 0) is 55.6 Å². The van der Waals surface area contributed by atoms with Crippen molar-refractivity contribution in [3.63, 3.8) is 0 Å². The number of hydrogen-bond donors (Lipinski definition) is 2. The van der Waals surface area contributed by atoms with Crippen LogP contribution in [0.2, 0.25) is 0 Å². The van der Waals surface area contributed by atoms with Crippen molar-refractivity contribution in [3.05, 3.63) is 65.2 Å². The summed E-state index contributed by atoms with van der Waals surface area (Å²) in [6, 6.07) is 16.6. The molecule has 0 bridgehead atoms. The Morgan fingerprint density at radius 1 is 1.21 bits per heavy atom. The second-order valence-corrected chi connectivity index (χ2v) is 8.06. The molecule has 2 amide bonds. The van der Waals surface area contributed by atoms with Gasteiger partial charge in [0.15, 0.2) is 0 Å². The van der Waals surface area contributed by atoms with Gasteiger partial charge < -0.3 is 15.5 Å². The molecular formula is C24H35N3O2. The Morgan fingerprint density at radius 2 is 1.97 bits per heavy atom. The second kappa shape index (κ2) is 9.70. The van der Waals surface area contributed by atoms with Gasteiger partial charge in [-0.3, -0.25) is 9.59 Å². The summed E-state index contributed by atoms with van der Waals surface area (Å²) in [5, 5.41) is 6.00. The molecule has 5 nitrogen and oxygen atoms in total. The predicted octanol–water partition coefficient (Wildman–Crippen LogP) is 3.85. The molecule has 29 heavy (non-hydrogen) atoms. The van der Waals surface area contributed by atoms with Crippen molar-refractivity contribution >= 4 is 17.5 Å². The smallest absolute Gasteiger partial charge is 0.228 e. The molecule has 0 unspecified atom stereocenters. The van der Waals surface area contributed by atoms with Crippen molar-refractivity contribution in [2.75, 3.05) is 26.0 Å². The summed E-state index contributed by atoms with van der Waals surface area (Å²) in [6.07, 6.45) is 2.72. The van der Waals surface area contributed by atoms with E-state index in [1.54, 1.807) is 0 Å². The number of carbonyl (C=O) groups excluding carboxylic acids is 2. The molecule has 3 rings (SSSR count). The van der Waals surface area contributed by atoms with Crippen molar-refractivity contribution < 1.29 is 12.4 Å². The van der Waals surface area contributed by atoms with E-state index in [-0.39, 0.29) is 26.6 Å². The molecule has 2 atom stereocenters. The fourth-order valence-corrected chi connectivity index (χ4v) is 3.87. The maximum atomic E-state index is 12.6. The molecule has 1 aliphatic rings. The fourth-order valence-electron chi connectivity index (χ4n) is 3.87. The third-order valence-electron chi connectivity index (χ3n) is 5.73. The van der Waals surface area contributed by atoms with E-state index in [9.17, 15) is 9.59 Å². The largest absolute Gasteiger partial charge is 0.355 e. The molecule has 0 saturated heterocycles. The highest BCUT2D eigenvalue weighted by Gasteiger charge is 2.20. The second-order valence-electron chi connectivity index (χ2n) is 8.06. The summed E-state index contributed by atoms with van der Waals surface area (Å²) in [6.45, 7) is 2.73. The Balaban J connectivity index is 0.00000240. The van der Waals surface area contributed by atoms with Crippen LogP contribution >= 0.6 is 0 Å². The van der Waals surface area contributed by atoms with Crippen molar-refractivity contribution in [3.8, 4) is 0 Å². The molecule has 0 aliphatic carbocycles. The van der Waals surface area contributed by atoms with Crippen molar-refractivity contribution in [1.82, 2.24) is 10.2 Å². The monoisotopic (exact) mass is 397 g/mol. The molecule has 2 aromatic carbocycles. The number of nitrogens with one attached hydrogen (secondary N) is 2. The van der Waals surface area contributed by atoms with Crippen molar-refractivity contribution in [2.24, 2.45) is 0 Å². The zero-order chi connectivity index (χ0) is 20.8. The first-order valence-corrected chi connectivity index (χ1v) is 10.4. The lowest BCUT2D eigenvalue weighted by atomic mass is 9.93. The zero-order valence-corrected chi connectivity index (χ0v) is 17.6. The molecule has 0 saturated carbocycles. The minimum absolute atomic E-state index is 0. The zero-order valence-electron chi connectivity index (χ0n) is 17.6. The number of fused-ring (bicyclic) bond motifs is 1. The summed E-state index contributed by atoms with van der Waals surface area (Å²) in [7, 11) is 4.07. The minimum Gasteiger partial charge on any atom is -0.355 e. The highest BCUT2D eigenvalue weighted by molar-refractivity contribution is 5.99. The molecule has 2 aromatic rings. The van der Waals surface area contributed by atoms with E-state index in [0.29, 0.717) is 19.4 Å². The summed E-state index contributed by atoms with van der Waals surface area (Å²) >= 11 is 0. The minimum atomic E-state index is 0. The maximum absolute atomic E-state index is 12.6. The van der Waals surface area contributed by atoms with E-state index in [4.69, 9.17) is 0 Å². The molecule has 0 radical (unpaired) electrons. The predicted molar refractivity (Wildman–Crippen MR) is 121 cm³/mol. The van der Waals surface area contributed by atoms with Gasteiger partial charge in [-0.15, -0.1) is 0 Å². The van der Waals surface area contributed by atoms with E-state index >= 15 is 0 Å². The molecular weight excluding hydrogens is 362 g/mol. The van der Waals surface area contributed by atoms with E-state index < -0.39 is 0 Å². The van der Waals surface area contributed by atoms with Gasteiger partial charge in [0.1, 0.15) is 0 Å². The highest BCUT2D eigenvalue weighted by atomic mass is 16.2. The molecule has 158 valence electrons. The molecule has 0 aromatic heterocycles. The standard InChI is InChI=1S/C24H31N3O2.2H2/c1-4-18(19-8-6-5-7-9-19)14-23(28)25-16-21(27(2)3)13-17-10-11-22-20(12-17)15-24(29)26-22;;/h5-12,18,21H,4,13-16H2,1-3H3,(H,25,28)(H,26,29);2*1H/t18-,21-;;/m0../s1. The van der Waals surface area contributed by atoms with Gasteiger partial charge in [-0.2, -0.15) is 0 Å². The first-order chi connectivity index (χ1) is 14.0. The number of anilines is 1. The summed E-state index contributed by atoms with van der Waals surface area (Å²) in [5.41, 5.74) is 4.38. The van der Waals surface area contributed by atoms with E-state index in [0.717, 1.165) is 24.1 Å². The van der Waals surface area contributed by atoms with Crippen molar-refractivity contribution in [2.45, 2.75) is 44.6 Å². The fraction of sp³-hybridized carbons (Fsp3) is 0.417. The van der Waals surface area contributed by atoms with Crippen LogP contribution in [0, 0.1) is 0 Å². The van der Waals surface area contributed by atoms with E-state index in [1.165, 1.54) is 11.1 Å². The van der Waals surface area contributed by atoms with Gasteiger partial charge in [-0.1, -0.05) is 49.4 Å². The first kappa shape index (κ1) is 21.1. The van der Waals surface area contributed by atoms with Gasteiger partial charge in [-0.25, -0.2) is 0 Å². The van der Waals surface area contributed by atoms with Crippen LogP contribution in [-0.4, -0.2) is 43.4 Å². The number of amides is 2. The van der Waals surface area contributed by atoms with Gasteiger partial charge in [0.05, 0.1) is 6.42 Å².